The highest BCUT2D eigenvalue weighted by molar-refractivity contribution is 6.30. The summed E-state index contributed by atoms with van der Waals surface area (Å²) in [4.78, 5) is 4.15. The Morgan fingerprint density at radius 1 is 1.50 bits per heavy atom. The molecule has 7 heteroatoms. The average Bonchev–Trinajstić information content (AvgIpc) is 2.75. The molecule has 0 radical (unpaired) electrons. The summed E-state index contributed by atoms with van der Waals surface area (Å²) in [6, 6.07) is 5.09. The van der Waals surface area contributed by atoms with Gasteiger partial charge >= 0.3 is 0 Å². The Bertz CT molecular complexity index is 536. The molecular formula is C9H8ClN5O. The lowest BCUT2D eigenvalue weighted by Crippen LogP contribution is -2.16. The van der Waals surface area contributed by atoms with Gasteiger partial charge in [-0.1, -0.05) is 22.8 Å². The number of oxime groups is 1. The van der Waals surface area contributed by atoms with E-state index in [1.165, 1.54) is 10.9 Å². The molecule has 0 aromatic carbocycles. The zero-order chi connectivity index (χ0) is 11.5. The van der Waals surface area contributed by atoms with Crippen molar-refractivity contribution in [1.29, 1.82) is 0 Å². The number of rotatable bonds is 2. The average molecular weight is 238 g/mol. The number of aromatic nitrogens is 3. The van der Waals surface area contributed by atoms with Gasteiger partial charge in [0.1, 0.15) is 5.69 Å². The van der Waals surface area contributed by atoms with Gasteiger partial charge in [0.25, 0.3) is 0 Å². The van der Waals surface area contributed by atoms with E-state index in [-0.39, 0.29) is 5.84 Å². The van der Waals surface area contributed by atoms with Gasteiger partial charge in [0.2, 0.25) is 0 Å². The molecule has 0 atom stereocenters. The van der Waals surface area contributed by atoms with Crippen LogP contribution in [0.3, 0.4) is 0 Å². The van der Waals surface area contributed by atoms with E-state index in [1.807, 2.05) is 0 Å². The maximum Gasteiger partial charge on any atom is 0.188 e. The molecule has 2 heterocycles. The summed E-state index contributed by atoms with van der Waals surface area (Å²) < 4.78 is 1.50. The summed E-state index contributed by atoms with van der Waals surface area (Å²) >= 11 is 5.74. The molecule has 0 unspecified atom stereocenters. The fourth-order valence-electron chi connectivity index (χ4n) is 1.17. The van der Waals surface area contributed by atoms with E-state index < -0.39 is 0 Å². The number of amidine groups is 1. The monoisotopic (exact) mass is 237 g/mol. The third-order valence-corrected chi connectivity index (χ3v) is 2.09. The van der Waals surface area contributed by atoms with E-state index in [9.17, 15) is 0 Å². The Kier molecular flexibility index (Phi) is 2.74. The zero-order valence-electron chi connectivity index (χ0n) is 8.08. The van der Waals surface area contributed by atoms with E-state index in [1.54, 1.807) is 24.4 Å². The van der Waals surface area contributed by atoms with Crippen LogP contribution in [-0.4, -0.2) is 25.8 Å². The first kappa shape index (κ1) is 10.4. The minimum Gasteiger partial charge on any atom is -0.409 e. The predicted octanol–water partition coefficient (Wildman–Crippen LogP) is 1.02. The Hall–Kier alpha value is -2.08. The molecule has 2 rings (SSSR count). The molecule has 0 aliphatic carbocycles. The normalized spacial score (nSPS) is 11.7. The van der Waals surface area contributed by atoms with Gasteiger partial charge in [-0.3, -0.25) is 0 Å². The third kappa shape index (κ3) is 1.96. The van der Waals surface area contributed by atoms with Gasteiger partial charge in [0, 0.05) is 0 Å². The van der Waals surface area contributed by atoms with Crippen molar-refractivity contribution in [1.82, 2.24) is 14.8 Å². The molecule has 0 spiro atoms. The molecule has 16 heavy (non-hydrogen) atoms. The van der Waals surface area contributed by atoms with Crippen LogP contribution in [0.15, 0.2) is 35.7 Å². The van der Waals surface area contributed by atoms with Crippen molar-refractivity contribution in [2.45, 2.75) is 0 Å². The number of hydrogen-bond acceptors (Lipinski definition) is 4. The lowest BCUT2D eigenvalue weighted by Gasteiger charge is -2.02. The molecule has 6 nitrogen and oxygen atoms in total. The molecule has 0 fully saturated rings. The highest BCUT2D eigenvalue weighted by Crippen LogP contribution is 2.10. The summed E-state index contributed by atoms with van der Waals surface area (Å²) in [6.45, 7) is 0. The van der Waals surface area contributed by atoms with Crippen LogP contribution in [-0.2, 0) is 0 Å². The largest absolute Gasteiger partial charge is 0.409 e. The van der Waals surface area contributed by atoms with Crippen molar-refractivity contribution in [3.8, 4) is 5.82 Å². The molecule has 82 valence electrons. The number of hydrogen-bond donors (Lipinski definition) is 2. The van der Waals surface area contributed by atoms with E-state index in [2.05, 4.69) is 15.2 Å². The van der Waals surface area contributed by atoms with E-state index in [0.29, 0.717) is 16.5 Å². The highest BCUT2D eigenvalue weighted by atomic mass is 35.5. The van der Waals surface area contributed by atoms with Gasteiger partial charge in [-0.2, -0.15) is 5.10 Å². The number of pyridine rings is 1. The maximum atomic E-state index is 8.53. The topological polar surface area (TPSA) is 89.3 Å². The standard InChI is InChI=1S/C9H8ClN5O/c10-6-4-12-15(5-6)8-3-1-2-7(13-8)9(11)14-16/h1-5,16H,(H2,11,14). The number of nitrogens with zero attached hydrogens (tertiary/aromatic N) is 4. The molecule has 0 aliphatic rings. The Morgan fingerprint density at radius 2 is 2.31 bits per heavy atom. The van der Waals surface area contributed by atoms with Crippen LogP contribution < -0.4 is 5.73 Å². The van der Waals surface area contributed by atoms with Crippen molar-refractivity contribution >= 4 is 17.4 Å². The fraction of sp³-hybridized carbons (Fsp3) is 0. The summed E-state index contributed by atoms with van der Waals surface area (Å²) in [5.74, 6) is 0.483. The highest BCUT2D eigenvalue weighted by Gasteiger charge is 2.04. The van der Waals surface area contributed by atoms with Gasteiger partial charge in [-0.25, -0.2) is 9.67 Å². The van der Waals surface area contributed by atoms with Crippen molar-refractivity contribution in [3.05, 3.63) is 41.3 Å². The second kappa shape index (κ2) is 4.19. The number of nitrogens with two attached hydrogens (primary N) is 1. The number of halogens is 1. The Balaban J connectivity index is 2.43. The molecule has 0 bridgehead atoms. The minimum absolute atomic E-state index is 0.0555. The minimum atomic E-state index is -0.0555. The summed E-state index contributed by atoms with van der Waals surface area (Å²) in [6.07, 6.45) is 3.11. The van der Waals surface area contributed by atoms with Crippen LogP contribution in [0.2, 0.25) is 5.02 Å². The molecule has 0 amide bonds. The summed E-state index contributed by atoms with van der Waals surface area (Å²) in [5.41, 5.74) is 5.80. The van der Waals surface area contributed by atoms with Crippen LogP contribution in [0, 0.1) is 0 Å². The van der Waals surface area contributed by atoms with Crippen LogP contribution in [0.1, 0.15) is 5.69 Å². The first-order valence-corrected chi connectivity index (χ1v) is 4.74. The van der Waals surface area contributed by atoms with Gasteiger partial charge in [0.05, 0.1) is 17.4 Å². The van der Waals surface area contributed by atoms with E-state index in [4.69, 9.17) is 22.5 Å². The molecule has 3 N–H and O–H groups in total. The van der Waals surface area contributed by atoms with Crippen molar-refractivity contribution in [2.24, 2.45) is 10.9 Å². The smallest absolute Gasteiger partial charge is 0.188 e. The van der Waals surface area contributed by atoms with E-state index >= 15 is 0 Å². The lowest BCUT2D eigenvalue weighted by molar-refractivity contribution is 0.318. The predicted molar refractivity (Wildman–Crippen MR) is 58.9 cm³/mol. The van der Waals surface area contributed by atoms with Gasteiger partial charge < -0.3 is 10.9 Å². The zero-order valence-corrected chi connectivity index (χ0v) is 8.83. The van der Waals surface area contributed by atoms with Gasteiger partial charge in [0.15, 0.2) is 11.7 Å². The Morgan fingerprint density at radius 3 is 2.94 bits per heavy atom. The maximum absolute atomic E-state index is 8.53. The molecule has 0 saturated heterocycles. The van der Waals surface area contributed by atoms with Gasteiger partial charge in [-0.05, 0) is 12.1 Å². The van der Waals surface area contributed by atoms with Gasteiger partial charge in [-0.15, -0.1) is 0 Å². The van der Waals surface area contributed by atoms with Crippen molar-refractivity contribution < 1.29 is 5.21 Å². The fourth-order valence-corrected chi connectivity index (χ4v) is 1.31. The Labute approximate surface area is 96.0 Å². The van der Waals surface area contributed by atoms with Crippen molar-refractivity contribution in [2.75, 3.05) is 0 Å². The van der Waals surface area contributed by atoms with Crippen LogP contribution in [0.4, 0.5) is 0 Å². The molecule has 0 aliphatic heterocycles. The summed E-state index contributed by atoms with van der Waals surface area (Å²) in [7, 11) is 0. The van der Waals surface area contributed by atoms with Crippen LogP contribution in [0.5, 0.6) is 0 Å². The van der Waals surface area contributed by atoms with Crippen molar-refractivity contribution in [3.63, 3.8) is 0 Å². The van der Waals surface area contributed by atoms with Crippen LogP contribution >= 0.6 is 11.6 Å². The molecule has 2 aromatic rings. The SMILES string of the molecule is NC(=NO)c1cccc(-n2cc(Cl)cn2)n1. The van der Waals surface area contributed by atoms with E-state index in [0.717, 1.165) is 0 Å². The first-order valence-electron chi connectivity index (χ1n) is 4.36. The second-order valence-electron chi connectivity index (χ2n) is 2.97. The third-order valence-electron chi connectivity index (χ3n) is 1.89. The van der Waals surface area contributed by atoms with Crippen LogP contribution in [0.25, 0.3) is 5.82 Å². The molecular weight excluding hydrogens is 230 g/mol. The molecule has 0 saturated carbocycles. The quantitative estimate of drug-likeness (QED) is 0.353. The first-order chi connectivity index (χ1) is 7.70. The summed E-state index contributed by atoms with van der Waals surface area (Å²) in [5, 5.41) is 15.9. The second-order valence-corrected chi connectivity index (χ2v) is 3.41. The lowest BCUT2D eigenvalue weighted by atomic mass is 10.3. The molecule has 2 aromatic heterocycles.